The Morgan fingerprint density at radius 3 is 2.88 bits per heavy atom. The average molecular weight is 232 g/mol. The van der Waals surface area contributed by atoms with Crippen molar-refractivity contribution in [1.82, 2.24) is 9.97 Å². The third-order valence-electron chi connectivity index (χ3n) is 3.46. The van der Waals surface area contributed by atoms with Crippen molar-refractivity contribution < 1.29 is 0 Å². The second-order valence-electron chi connectivity index (χ2n) is 5.01. The quantitative estimate of drug-likeness (QED) is 0.849. The van der Waals surface area contributed by atoms with Crippen molar-refractivity contribution in [2.75, 3.05) is 18.5 Å². The third kappa shape index (κ3) is 2.26. The molecule has 0 fully saturated rings. The van der Waals surface area contributed by atoms with Gasteiger partial charge in [-0.3, -0.25) is 0 Å². The number of rotatable bonds is 4. The minimum atomic E-state index is 0.0580. The molecule has 92 valence electrons. The Hall–Kier alpha value is -1.55. The monoisotopic (exact) mass is 232 g/mol. The lowest BCUT2D eigenvalue weighted by Crippen LogP contribution is -2.42. The molecule has 1 aromatic heterocycles. The number of fused-ring (bicyclic) bond motifs is 1. The summed E-state index contributed by atoms with van der Waals surface area (Å²) in [5, 5.41) is 0. The van der Waals surface area contributed by atoms with Gasteiger partial charge in [-0.1, -0.05) is 0 Å². The number of aromatic amines is 1. The van der Waals surface area contributed by atoms with Crippen molar-refractivity contribution in [3.05, 3.63) is 24.5 Å². The summed E-state index contributed by atoms with van der Waals surface area (Å²) in [7, 11) is 2.10. The minimum absolute atomic E-state index is 0.0580. The first-order valence-corrected chi connectivity index (χ1v) is 5.91. The maximum Gasteiger partial charge on any atom is 0.0931 e. The number of imidazole rings is 1. The van der Waals surface area contributed by atoms with Gasteiger partial charge in [0.1, 0.15) is 0 Å². The van der Waals surface area contributed by atoms with Crippen LogP contribution in [0.2, 0.25) is 0 Å². The molecule has 0 aliphatic carbocycles. The van der Waals surface area contributed by atoms with Crippen LogP contribution in [-0.2, 0) is 0 Å². The second kappa shape index (κ2) is 4.37. The molecular weight excluding hydrogens is 212 g/mol. The van der Waals surface area contributed by atoms with E-state index in [1.54, 1.807) is 6.33 Å². The lowest BCUT2D eigenvalue weighted by Gasteiger charge is -2.37. The highest BCUT2D eigenvalue weighted by atomic mass is 15.2. The van der Waals surface area contributed by atoms with Gasteiger partial charge in [0.15, 0.2) is 0 Å². The number of anilines is 1. The van der Waals surface area contributed by atoms with Crippen molar-refractivity contribution in [1.29, 1.82) is 0 Å². The Kier molecular flexibility index (Phi) is 3.07. The normalized spacial score (nSPS) is 12.0. The molecule has 17 heavy (non-hydrogen) atoms. The lowest BCUT2D eigenvalue weighted by atomic mass is 9.98. The van der Waals surface area contributed by atoms with Gasteiger partial charge >= 0.3 is 0 Å². The van der Waals surface area contributed by atoms with Crippen LogP contribution >= 0.6 is 0 Å². The molecule has 4 nitrogen and oxygen atoms in total. The molecular formula is C13H20N4. The summed E-state index contributed by atoms with van der Waals surface area (Å²) in [6.45, 7) is 5.11. The molecule has 3 N–H and O–H groups in total. The van der Waals surface area contributed by atoms with Crippen LogP contribution in [0.15, 0.2) is 24.5 Å². The van der Waals surface area contributed by atoms with Gasteiger partial charge in [-0.15, -0.1) is 0 Å². The number of nitrogens with two attached hydrogens (primary N) is 1. The number of nitrogens with zero attached hydrogens (tertiary/aromatic N) is 2. The molecule has 2 rings (SSSR count). The number of hydrogen-bond acceptors (Lipinski definition) is 3. The van der Waals surface area contributed by atoms with E-state index in [0.29, 0.717) is 6.54 Å². The van der Waals surface area contributed by atoms with E-state index in [2.05, 4.69) is 47.9 Å². The zero-order valence-corrected chi connectivity index (χ0v) is 10.7. The molecule has 0 amide bonds. The van der Waals surface area contributed by atoms with Gasteiger partial charge < -0.3 is 15.6 Å². The van der Waals surface area contributed by atoms with E-state index >= 15 is 0 Å². The predicted octanol–water partition coefficient (Wildman–Crippen LogP) is 2.13. The maximum absolute atomic E-state index is 5.66. The van der Waals surface area contributed by atoms with Crippen LogP contribution in [0.5, 0.6) is 0 Å². The zero-order chi connectivity index (χ0) is 12.5. The van der Waals surface area contributed by atoms with Crippen molar-refractivity contribution in [3.63, 3.8) is 0 Å². The van der Waals surface area contributed by atoms with Crippen molar-refractivity contribution >= 4 is 16.7 Å². The first-order valence-electron chi connectivity index (χ1n) is 5.91. The van der Waals surface area contributed by atoms with Crippen LogP contribution < -0.4 is 10.6 Å². The Balaban J connectivity index is 2.32. The van der Waals surface area contributed by atoms with E-state index in [4.69, 9.17) is 5.73 Å². The summed E-state index contributed by atoms with van der Waals surface area (Å²) in [4.78, 5) is 9.62. The summed E-state index contributed by atoms with van der Waals surface area (Å²) < 4.78 is 0. The van der Waals surface area contributed by atoms with E-state index in [0.717, 1.165) is 17.5 Å². The summed E-state index contributed by atoms with van der Waals surface area (Å²) in [6.07, 6.45) is 2.68. The number of nitrogens with one attached hydrogen (secondary N) is 1. The van der Waals surface area contributed by atoms with Gasteiger partial charge in [-0.05, 0) is 45.0 Å². The van der Waals surface area contributed by atoms with Gasteiger partial charge in [0.05, 0.1) is 17.4 Å². The minimum Gasteiger partial charge on any atom is -0.369 e. The summed E-state index contributed by atoms with van der Waals surface area (Å²) in [5.41, 5.74) is 8.97. The van der Waals surface area contributed by atoms with E-state index in [-0.39, 0.29) is 5.54 Å². The molecule has 0 spiro atoms. The molecule has 2 aromatic rings. The van der Waals surface area contributed by atoms with E-state index in [1.165, 1.54) is 5.69 Å². The standard InChI is InChI=1S/C13H20N4/c1-13(2,6-7-14)17(3)10-4-5-11-12(8-10)16-9-15-11/h4-5,8-9H,6-7,14H2,1-3H3,(H,15,16). The fourth-order valence-corrected chi connectivity index (χ4v) is 2.00. The van der Waals surface area contributed by atoms with Crippen molar-refractivity contribution in [2.45, 2.75) is 25.8 Å². The van der Waals surface area contributed by atoms with Gasteiger partial charge in [0.25, 0.3) is 0 Å². The number of H-pyrrole nitrogens is 1. The topological polar surface area (TPSA) is 57.9 Å². The summed E-state index contributed by atoms with van der Waals surface area (Å²) >= 11 is 0. The molecule has 1 aromatic carbocycles. The summed E-state index contributed by atoms with van der Waals surface area (Å²) in [5.74, 6) is 0. The molecule has 0 aliphatic heterocycles. The molecule has 0 saturated heterocycles. The van der Waals surface area contributed by atoms with Gasteiger partial charge in [-0.2, -0.15) is 0 Å². The Labute approximate surface area is 102 Å². The van der Waals surface area contributed by atoms with Crippen LogP contribution in [0.1, 0.15) is 20.3 Å². The predicted molar refractivity (Wildman–Crippen MR) is 72.2 cm³/mol. The van der Waals surface area contributed by atoms with Crippen LogP contribution in [0, 0.1) is 0 Å². The van der Waals surface area contributed by atoms with Crippen LogP contribution in [-0.4, -0.2) is 29.1 Å². The molecule has 0 aliphatic rings. The van der Waals surface area contributed by atoms with Crippen LogP contribution in [0.25, 0.3) is 11.0 Å². The molecule has 1 heterocycles. The van der Waals surface area contributed by atoms with E-state index in [9.17, 15) is 0 Å². The molecule has 0 bridgehead atoms. The summed E-state index contributed by atoms with van der Waals surface area (Å²) in [6, 6.07) is 6.26. The van der Waals surface area contributed by atoms with Gasteiger partial charge in [-0.25, -0.2) is 4.98 Å². The highest BCUT2D eigenvalue weighted by Crippen LogP contribution is 2.26. The largest absolute Gasteiger partial charge is 0.369 e. The Bertz CT molecular complexity index is 501. The molecule has 0 radical (unpaired) electrons. The van der Waals surface area contributed by atoms with Crippen molar-refractivity contribution in [2.24, 2.45) is 5.73 Å². The first kappa shape index (κ1) is 11.9. The number of hydrogen-bond donors (Lipinski definition) is 2. The third-order valence-corrected chi connectivity index (χ3v) is 3.46. The fourth-order valence-electron chi connectivity index (χ4n) is 2.00. The zero-order valence-electron chi connectivity index (χ0n) is 10.7. The molecule has 0 saturated carbocycles. The molecule has 0 atom stereocenters. The van der Waals surface area contributed by atoms with E-state index in [1.807, 2.05) is 6.07 Å². The van der Waals surface area contributed by atoms with E-state index < -0.39 is 0 Å². The van der Waals surface area contributed by atoms with Crippen molar-refractivity contribution in [3.8, 4) is 0 Å². The first-order chi connectivity index (χ1) is 8.04. The number of benzene rings is 1. The Morgan fingerprint density at radius 2 is 2.18 bits per heavy atom. The molecule has 0 unspecified atom stereocenters. The fraction of sp³-hybridized carbons (Fsp3) is 0.462. The number of aromatic nitrogens is 2. The smallest absolute Gasteiger partial charge is 0.0931 e. The van der Waals surface area contributed by atoms with Crippen LogP contribution in [0.4, 0.5) is 5.69 Å². The maximum atomic E-state index is 5.66. The second-order valence-corrected chi connectivity index (χ2v) is 5.01. The lowest BCUT2D eigenvalue weighted by molar-refractivity contribution is 0.456. The highest BCUT2D eigenvalue weighted by molar-refractivity contribution is 5.79. The highest BCUT2D eigenvalue weighted by Gasteiger charge is 2.23. The molecule has 4 heteroatoms. The average Bonchev–Trinajstić information content (AvgIpc) is 2.74. The van der Waals surface area contributed by atoms with Crippen LogP contribution in [0.3, 0.4) is 0 Å². The van der Waals surface area contributed by atoms with Gasteiger partial charge in [0.2, 0.25) is 0 Å². The Morgan fingerprint density at radius 1 is 1.41 bits per heavy atom. The SMILES string of the molecule is CN(c1ccc2nc[nH]c2c1)C(C)(C)CCN. The van der Waals surface area contributed by atoms with Gasteiger partial charge in [0, 0.05) is 18.3 Å².